The molecule has 112 valence electrons. The van der Waals surface area contributed by atoms with Gasteiger partial charge in [-0.25, -0.2) is 4.79 Å². The lowest BCUT2D eigenvalue weighted by atomic mass is 10.1. The van der Waals surface area contributed by atoms with E-state index >= 15 is 0 Å². The van der Waals surface area contributed by atoms with Gasteiger partial charge >= 0.3 is 6.03 Å². The maximum atomic E-state index is 11.9. The van der Waals surface area contributed by atoms with Crippen LogP contribution in [0.25, 0.3) is 0 Å². The van der Waals surface area contributed by atoms with E-state index in [1.165, 1.54) is 13.8 Å². The van der Waals surface area contributed by atoms with Crippen LogP contribution in [0.5, 0.6) is 0 Å². The summed E-state index contributed by atoms with van der Waals surface area (Å²) in [6, 6.07) is 12.9. The van der Waals surface area contributed by atoms with Crippen molar-refractivity contribution in [3.63, 3.8) is 0 Å². The molecule has 0 aliphatic carbocycles. The van der Waals surface area contributed by atoms with Gasteiger partial charge < -0.3 is 10.6 Å². The number of hydrogen-bond acceptors (Lipinski definition) is 3. The van der Waals surface area contributed by atoms with E-state index in [2.05, 4.69) is 10.6 Å². The first-order valence-electron chi connectivity index (χ1n) is 6.76. The topological polar surface area (TPSA) is 75.3 Å². The molecular formula is C17H16N2O3. The zero-order valence-corrected chi connectivity index (χ0v) is 12.3. The summed E-state index contributed by atoms with van der Waals surface area (Å²) in [6.07, 6.45) is 0. The summed E-state index contributed by atoms with van der Waals surface area (Å²) < 4.78 is 0. The van der Waals surface area contributed by atoms with Crippen LogP contribution in [0.15, 0.2) is 48.5 Å². The Kier molecular flexibility index (Phi) is 4.68. The maximum absolute atomic E-state index is 11.9. The summed E-state index contributed by atoms with van der Waals surface area (Å²) >= 11 is 0. The van der Waals surface area contributed by atoms with Crippen LogP contribution in [-0.4, -0.2) is 17.6 Å². The molecule has 0 bridgehead atoms. The fourth-order valence-corrected chi connectivity index (χ4v) is 1.90. The van der Waals surface area contributed by atoms with Crippen LogP contribution >= 0.6 is 0 Å². The molecule has 0 atom stereocenters. The number of nitrogens with one attached hydrogen (secondary N) is 2. The van der Waals surface area contributed by atoms with E-state index in [4.69, 9.17) is 0 Å². The standard InChI is InChI=1S/C17H16N2O3/c1-11(20)13-6-8-15(9-7-13)18-17(22)19-16-5-3-4-14(10-16)12(2)21/h3-10H,1-2H3,(H2,18,19,22). The Bertz CT molecular complexity index is 721. The van der Waals surface area contributed by atoms with Gasteiger partial charge in [0.25, 0.3) is 0 Å². The minimum Gasteiger partial charge on any atom is -0.308 e. The molecule has 0 saturated carbocycles. The van der Waals surface area contributed by atoms with Gasteiger partial charge in [0, 0.05) is 22.5 Å². The first-order chi connectivity index (χ1) is 10.5. The molecule has 2 N–H and O–H groups in total. The molecular weight excluding hydrogens is 280 g/mol. The van der Waals surface area contributed by atoms with E-state index in [0.717, 1.165) is 0 Å². The van der Waals surface area contributed by atoms with Gasteiger partial charge in [0.15, 0.2) is 11.6 Å². The van der Waals surface area contributed by atoms with Crippen molar-refractivity contribution in [3.8, 4) is 0 Å². The predicted octanol–water partition coefficient (Wildman–Crippen LogP) is 3.74. The molecule has 5 heteroatoms. The van der Waals surface area contributed by atoms with Crippen LogP contribution in [0.4, 0.5) is 16.2 Å². The van der Waals surface area contributed by atoms with Crippen molar-refractivity contribution in [2.45, 2.75) is 13.8 Å². The lowest BCUT2D eigenvalue weighted by Crippen LogP contribution is -2.19. The molecule has 2 rings (SSSR count). The summed E-state index contributed by atoms with van der Waals surface area (Å²) in [5.41, 5.74) is 2.22. The average Bonchev–Trinajstić information content (AvgIpc) is 2.47. The van der Waals surface area contributed by atoms with E-state index in [1.807, 2.05) is 0 Å². The number of hydrogen-bond donors (Lipinski definition) is 2. The van der Waals surface area contributed by atoms with E-state index < -0.39 is 6.03 Å². The van der Waals surface area contributed by atoms with Crippen LogP contribution in [0, 0.1) is 0 Å². The molecule has 0 aromatic heterocycles. The monoisotopic (exact) mass is 296 g/mol. The first kappa shape index (κ1) is 15.4. The number of carbonyl (C=O) groups is 3. The summed E-state index contributed by atoms with van der Waals surface area (Å²) in [6.45, 7) is 2.95. The van der Waals surface area contributed by atoms with Gasteiger partial charge in [0.1, 0.15) is 0 Å². The molecule has 0 unspecified atom stereocenters. The molecule has 0 aliphatic rings. The highest BCUT2D eigenvalue weighted by Crippen LogP contribution is 2.13. The van der Waals surface area contributed by atoms with Crippen molar-refractivity contribution in [1.82, 2.24) is 0 Å². The van der Waals surface area contributed by atoms with Gasteiger partial charge in [-0.05, 0) is 50.2 Å². The third-order valence-corrected chi connectivity index (χ3v) is 3.08. The van der Waals surface area contributed by atoms with Crippen LogP contribution in [0.2, 0.25) is 0 Å². The average molecular weight is 296 g/mol. The smallest absolute Gasteiger partial charge is 0.308 e. The SMILES string of the molecule is CC(=O)c1ccc(NC(=O)Nc2cccc(C(C)=O)c2)cc1. The van der Waals surface area contributed by atoms with Gasteiger partial charge in [-0.15, -0.1) is 0 Å². The Hall–Kier alpha value is -2.95. The Balaban J connectivity index is 2.02. The van der Waals surface area contributed by atoms with E-state index in [9.17, 15) is 14.4 Å². The number of rotatable bonds is 4. The van der Waals surface area contributed by atoms with E-state index in [-0.39, 0.29) is 11.6 Å². The highest BCUT2D eigenvalue weighted by atomic mass is 16.2. The van der Waals surface area contributed by atoms with Crippen molar-refractivity contribution in [2.24, 2.45) is 0 Å². The minimum absolute atomic E-state index is 0.0305. The molecule has 0 aliphatic heterocycles. The lowest BCUT2D eigenvalue weighted by molar-refractivity contribution is 0.100. The molecule has 2 aromatic rings. The molecule has 2 amide bonds. The second-order valence-electron chi connectivity index (χ2n) is 4.85. The Morgan fingerprint density at radius 2 is 1.32 bits per heavy atom. The normalized spacial score (nSPS) is 9.91. The molecule has 0 radical (unpaired) electrons. The van der Waals surface area contributed by atoms with Crippen molar-refractivity contribution in [2.75, 3.05) is 10.6 Å². The van der Waals surface area contributed by atoms with Gasteiger partial charge in [0.2, 0.25) is 0 Å². The quantitative estimate of drug-likeness (QED) is 0.844. The van der Waals surface area contributed by atoms with Crippen LogP contribution < -0.4 is 10.6 Å². The molecule has 5 nitrogen and oxygen atoms in total. The highest BCUT2D eigenvalue weighted by molar-refractivity contribution is 6.01. The Morgan fingerprint density at radius 3 is 1.91 bits per heavy atom. The third-order valence-electron chi connectivity index (χ3n) is 3.08. The number of ketones is 2. The Morgan fingerprint density at radius 1 is 0.727 bits per heavy atom. The number of benzene rings is 2. The summed E-state index contributed by atoms with van der Waals surface area (Å²) in [5.74, 6) is -0.0964. The first-order valence-corrected chi connectivity index (χ1v) is 6.76. The van der Waals surface area contributed by atoms with Crippen molar-refractivity contribution >= 4 is 29.0 Å². The number of Topliss-reactive ketones (excluding diaryl/α,β-unsaturated/α-hetero) is 2. The largest absolute Gasteiger partial charge is 0.323 e. The zero-order valence-electron chi connectivity index (χ0n) is 12.3. The van der Waals surface area contributed by atoms with Crippen molar-refractivity contribution in [3.05, 3.63) is 59.7 Å². The van der Waals surface area contributed by atoms with E-state index in [0.29, 0.717) is 22.5 Å². The molecule has 0 fully saturated rings. The summed E-state index contributed by atoms with van der Waals surface area (Å²) in [5, 5.41) is 5.31. The minimum atomic E-state index is -0.420. The van der Waals surface area contributed by atoms with Crippen LogP contribution in [-0.2, 0) is 0 Å². The zero-order chi connectivity index (χ0) is 16.1. The molecule has 22 heavy (non-hydrogen) atoms. The number of anilines is 2. The number of carbonyl (C=O) groups excluding carboxylic acids is 3. The summed E-state index contributed by atoms with van der Waals surface area (Å²) in [7, 11) is 0. The van der Waals surface area contributed by atoms with Crippen LogP contribution in [0.3, 0.4) is 0 Å². The predicted molar refractivity (Wildman–Crippen MR) is 85.5 cm³/mol. The van der Waals surface area contributed by atoms with Gasteiger partial charge in [-0.1, -0.05) is 12.1 Å². The fraction of sp³-hybridized carbons (Fsp3) is 0.118. The van der Waals surface area contributed by atoms with Crippen LogP contribution in [0.1, 0.15) is 34.6 Å². The lowest BCUT2D eigenvalue weighted by Gasteiger charge is -2.08. The van der Waals surface area contributed by atoms with Gasteiger partial charge in [0.05, 0.1) is 0 Å². The van der Waals surface area contributed by atoms with E-state index in [1.54, 1.807) is 48.5 Å². The van der Waals surface area contributed by atoms with Gasteiger partial charge in [-0.2, -0.15) is 0 Å². The molecule has 0 spiro atoms. The molecule has 0 saturated heterocycles. The van der Waals surface area contributed by atoms with Crippen molar-refractivity contribution < 1.29 is 14.4 Å². The summed E-state index contributed by atoms with van der Waals surface area (Å²) in [4.78, 5) is 34.4. The second-order valence-corrected chi connectivity index (χ2v) is 4.85. The van der Waals surface area contributed by atoms with Gasteiger partial charge in [-0.3, -0.25) is 9.59 Å². The second kappa shape index (κ2) is 6.67. The number of urea groups is 1. The third kappa shape index (κ3) is 4.02. The molecule has 2 aromatic carbocycles. The Labute approximate surface area is 128 Å². The fourth-order valence-electron chi connectivity index (χ4n) is 1.90. The van der Waals surface area contributed by atoms with Crippen molar-refractivity contribution in [1.29, 1.82) is 0 Å². The maximum Gasteiger partial charge on any atom is 0.323 e. The number of amides is 2. The highest BCUT2D eigenvalue weighted by Gasteiger charge is 2.06. The molecule has 0 heterocycles.